The number of primary amides is 1. The van der Waals surface area contributed by atoms with Crippen LogP contribution in [0.1, 0.15) is 25.0 Å². The van der Waals surface area contributed by atoms with Gasteiger partial charge in [-0.05, 0) is 25.5 Å². The Kier molecular flexibility index (Phi) is 3.52. The number of rotatable bonds is 3. The molecule has 1 fully saturated rings. The van der Waals surface area contributed by atoms with Crippen molar-refractivity contribution < 1.29 is 14.3 Å². The normalized spacial score (nSPS) is 21.1. The molecule has 2 rings (SSSR count). The minimum absolute atomic E-state index is 0.199. The Morgan fingerprint density at radius 1 is 1.61 bits per heavy atom. The van der Waals surface area contributed by atoms with E-state index in [9.17, 15) is 14.3 Å². The van der Waals surface area contributed by atoms with Crippen molar-refractivity contribution in [1.82, 2.24) is 0 Å². The Balaban J connectivity index is 2.30. The summed E-state index contributed by atoms with van der Waals surface area (Å²) in [4.78, 5) is 13.0. The minimum atomic E-state index is -0.881. The number of anilines is 1. The van der Waals surface area contributed by atoms with E-state index >= 15 is 0 Å². The van der Waals surface area contributed by atoms with Gasteiger partial charge in [0.15, 0.2) is 0 Å². The maximum atomic E-state index is 13.7. The number of halogens is 1. The predicted molar refractivity (Wildman–Crippen MR) is 66.5 cm³/mol. The maximum absolute atomic E-state index is 13.7. The summed E-state index contributed by atoms with van der Waals surface area (Å²) in [7, 11) is 0. The lowest BCUT2D eigenvalue weighted by atomic mass is 10.1. The van der Waals surface area contributed by atoms with Gasteiger partial charge in [-0.3, -0.25) is 4.79 Å². The molecule has 1 aromatic rings. The fourth-order valence-electron chi connectivity index (χ4n) is 2.43. The van der Waals surface area contributed by atoms with Crippen molar-refractivity contribution in [3.63, 3.8) is 0 Å². The molecule has 0 aromatic heterocycles. The van der Waals surface area contributed by atoms with Gasteiger partial charge in [0, 0.05) is 24.3 Å². The Hall–Kier alpha value is -1.62. The first-order valence-electron chi connectivity index (χ1n) is 6.01. The fourth-order valence-corrected chi connectivity index (χ4v) is 2.43. The molecule has 0 saturated carbocycles. The molecule has 2 atom stereocenters. The molecule has 4 nitrogen and oxygen atoms in total. The fraction of sp³-hybridized carbons (Fsp3) is 0.462. The molecule has 1 saturated heterocycles. The van der Waals surface area contributed by atoms with Crippen LogP contribution in [0.2, 0.25) is 0 Å². The summed E-state index contributed by atoms with van der Waals surface area (Å²) >= 11 is 0. The van der Waals surface area contributed by atoms with Gasteiger partial charge in [0.1, 0.15) is 5.82 Å². The molecule has 0 bridgehead atoms. The van der Waals surface area contributed by atoms with Crippen molar-refractivity contribution in [2.75, 3.05) is 18.0 Å². The van der Waals surface area contributed by atoms with E-state index in [4.69, 9.17) is 5.73 Å². The highest BCUT2D eigenvalue weighted by Gasteiger charge is 2.29. The highest BCUT2D eigenvalue weighted by atomic mass is 19.1. The van der Waals surface area contributed by atoms with Gasteiger partial charge >= 0.3 is 0 Å². The zero-order valence-electron chi connectivity index (χ0n) is 10.3. The summed E-state index contributed by atoms with van der Waals surface area (Å²) < 4.78 is 13.7. The van der Waals surface area contributed by atoms with E-state index in [0.29, 0.717) is 25.2 Å². The third kappa shape index (κ3) is 2.31. The van der Waals surface area contributed by atoms with Gasteiger partial charge < -0.3 is 15.7 Å². The molecule has 1 unspecified atom stereocenters. The van der Waals surface area contributed by atoms with Crippen molar-refractivity contribution >= 4 is 11.6 Å². The lowest BCUT2D eigenvalue weighted by molar-refractivity contribution is -0.121. The van der Waals surface area contributed by atoms with E-state index in [1.165, 1.54) is 13.0 Å². The number of benzene rings is 1. The third-order valence-electron chi connectivity index (χ3n) is 3.38. The number of aliphatic hydroxyl groups is 1. The highest BCUT2D eigenvalue weighted by Crippen LogP contribution is 2.32. The van der Waals surface area contributed by atoms with Gasteiger partial charge in [0.2, 0.25) is 5.91 Å². The Labute approximate surface area is 105 Å². The molecular formula is C13H17FN2O2. The molecule has 0 spiro atoms. The van der Waals surface area contributed by atoms with Crippen molar-refractivity contribution in [3.8, 4) is 0 Å². The quantitative estimate of drug-likeness (QED) is 0.849. The van der Waals surface area contributed by atoms with Crippen LogP contribution in [0.4, 0.5) is 10.1 Å². The van der Waals surface area contributed by atoms with Crippen LogP contribution in [0, 0.1) is 11.7 Å². The minimum Gasteiger partial charge on any atom is -0.389 e. The van der Waals surface area contributed by atoms with Gasteiger partial charge in [-0.25, -0.2) is 4.39 Å². The van der Waals surface area contributed by atoms with Gasteiger partial charge in [0.05, 0.1) is 12.0 Å². The summed E-state index contributed by atoms with van der Waals surface area (Å²) in [6.45, 7) is 2.67. The second kappa shape index (κ2) is 4.94. The van der Waals surface area contributed by atoms with E-state index in [1.807, 2.05) is 4.90 Å². The zero-order chi connectivity index (χ0) is 13.3. The molecular weight excluding hydrogens is 235 g/mol. The average Bonchev–Trinajstić information content (AvgIpc) is 2.77. The number of nitrogens with two attached hydrogens (primary N) is 1. The topological polar surface area (TPSA) is 66.6 Å². The van der Waals surface area contributed by atoms with Gasteiger partial charge in [-0.2, -0.15) is 0 Å². The number of hydrogen-bond acceptors (Lipinski definition) is 3. The van der Waals surface area contributed by atoms with Crippen LogP contribution in [0.5, 0.6) is 0 Å². The standard InChI is InChI=1S/C13H17FN2O2/c1-8(17)12-10(14)3-2-4-11(12)16-6-5-9(7-16)13(15)18/h2-4,8-9,17H,5-7H2,1H3,(H2,15,18)/t8-,9?/m1/s1. The van der Waals surface area contributed by atoms with Crippen LogP contribution in [-0.4, -0.2) is 24.1 Å². The molecule has 3 N–H and O–H groups in total. The lowest BCUT2D eigenvalue weighted by Crippen LogP contribution is -2.28. The summed E-state index contributed by atoms with van der Waals surface area (Å²) in [5, 5.41) is 9.66. The molecule has 1 aliphatic heterocycles. The first-order valence-corrected chi connectivity index (χ1v) is 6.01. The average molecular weight is 252 g/mol. The van der Waals surface area contributed by atoms with Crippen LogP contribution in [-0.2, 0) is 4.79 Å². The largest absolute Gasteiger partial charge is 0.389 e. The molecule has 18 heavy (non-hydrogen) atoms. The molecule has 1 aromatic carbocycles. The number of aliphatic hydroxyl groups excluding tert-OH is 1. The molecule has 98 valence electrons. The molecule has 5 heteroatoms. The van der Waals surface area contributed by atoms with E-state index in [1.54, 1.807) is 12.1 Å². The molecule has 1 aliphatic rings. The highest BCUT2D eigenvalue weighted by molar-refractivity contribution is 5.78. The smallest absolute Gasteiger partial charge is 0.222 e. The van der Waals surface area contributed by atoms with Crippen LogP contribution in [0.3, 0.4) is 0 Å². The van der Waals surface area contributed by atoms with Crippen molar-refractivity contribution in [3.05, 3.63) is 29.6 Å². The molecule has 1 heterocycles. The second-order valence-corrected chi connectivity index (χ2v) is 4.68. The monoisotopic (exact) mass is 252 g/mol. The molecule has 0 radical (unpaired) electrons. The van der Waals surface area contributed by atoms with Gasteiger partial charge in [0.25, 0.3) is 0 Å². The van der Waals surface area contributed by atoms with E-state index in [2.05, 4.69) is 0 Å². The Morgan fingerprint density at radius 2 is 2.33 bits per heavy atom. The van der Waals surface area contributed by atoms with E-state index in [0.717, 1.165) is 0 Å². The number of carbonyl (C=O) groups is 1. The SMILES string of the molecule is C[C@@H](O)c1c(F)cccc1N1CCC(C(N)=O)C1. The number of carbonyl (C=O) groups excluding carboxylic acids is 1. The Bertz CT molecular complexity index is 462. The predicted octanol–water partition coefficient (Wildman–Crippen LogP) is 1.19. The van der Waals surface area contributed by atoms with Gasteiger partial charge in [-0.15, -0.1) is 0 Å². The van der Waals surface area contributed by atoms with Crippen molar-refractivity contribution in [2.45, 2.75) is 19.4 Å². The lowest BCUT2D eigenvalue weighted by Gasteiger charge is -2.23. The number of hydrogen-bond donors (Lipinski definition) is 2. The second-order valence-electron chi connectivity index (χ2n) is 4.68. The van der Waals surface area contributed by atoms with E-state index < -0.39 is 11.9 Å². The van der Waals surface area contributed by atoms with Crippen LogP contribution < -0.4 is 10.6 Å². The van der Waals surface area contributed by atoms with Gasteiger partial charge in [-0.1, -0.05) is 6.07 Å². The van der Waals surface area contributed by atoms with Crippen molar-refractivity contribution in [1.29, 1.82) is 0 Å². The number of nitrogens with zero attached hydrogens (tertiary/aromatic N) is 1. The van der Waals surface area contributed by atoms with Crippen LogP contribution in [0.15, 0.2) is 18.2 Å². The Morgan fingerprint density at radius 3 is 2.89 bits per heavy atom. The van der Waals surface area contributed by atoms with Crippen LogP contribution >= 0.6 is 0 Å². The third-order valence-corrected chi connectivity index (χ3v) is 3.38. The van der Waals surface area contributed by atoms with Crippen molar-refractivity contribution in [2.24, 2.45) is 11.7 Å². The summed E-state index contributed by atoms with van der Waals surface area (Å²) in [5.74, 6) is -0.951. The maximum Gasteiger partial charge on any atom is 0.222 e. The first-order chi connectivity index (χ1) is 8.50. The van der Waals surface area contributed by atoms with Crippen LogP contribution in [0.25, 0.3) is 0 Å². The summed E-state index contributed by atoms with van der Waals surface area (Å²) in [6.07, 6.45) is -0.209. The zero-order valence-corrected chi connectivity index (χ0v) is 10.3. The molecule has 0 aliphatic carbocycles. The number of amides is 1. The first kappa shape index (κ1) is 12.8. The van der Waals surface area contributed by atoms with E-state index in [-0.39, 0.29) is 17.4 Å². The summed E-state index contributed by atoms with van der Waals surface area (Å²) in [6, 6.07) is 4.69. The summed E-state index contributed by atoms with van der Waals surface area (Å²) in [5.41, 5.74) is 6.20. The molecule has 1 amide bonds.